The fourth-order valence-electron chi connectivity index (χ4n) is 2.42. The van der Waals surface area contributed by atoms with Gasteiger partial charge in [0, 0.05) is 11.3 Å². The summed E-state index contributed by atoms with van der Waals surface area (Å²) in [5.74, 6) is 0.286. The molecular weight excluding hydrogens is 205 g/mol. The first kappa shape index (κ1) is 9.78. The van der Waals surface area contributed by atoms with Crippen LogP contribution in [0.4, 0.5) is 4.39 Å². The minimum Gasteiger partial charge on any atom is -0.317 e. The van der Waals surface area contributed by atoms with Gasteiger partial charge in [0.05, 0.1) is 11.2 Å². The van der Waals surface area contributed by atoms with E-state index in [2.05, 4.69) is 15.5 Å². The van der Waals surface area contributed by atoms with Crippen LogP contribution in [0.15, 0.2) is 18.2 Å². The molecular formula is C12H14FN3. The van der Waals surface area contributed by atoms with E-state index in [0.29, 0.717) is 5.92 Å². The Kier molecular flexibility index (Phi) is 2.36. The standard InChI is InChI=1S/C12H14FN3/c13-9-1-2-10-11(7-9)15-16-12(10)8-3-5-14-6-4-8/h1-2,7-8,14H,3-6H2,(H,15,16). The molecule has 3 rings (SSSR count). The molecule has 3 nitrogen and oxygen atoms in total. The molecule has 0 atom stereocenters. The summed E-state index contributed by atoms with van der Waals surface area (Å²) in [5, 5.41) is 11.7. The lowest BCUT2D eigenvalue weighted by Gasteiger charge is -2.21. The Hall–Kier alpha value is -1.42. The van der Waals surface area contributed by atoms with Crippen molar-refractivity contribution in [2.45, 2.75) is 18.8 Å². The molecule has 4 heteroatoms. The van der Waals surface area contributed by atoms with E-state index in [1.54, 1.807) is 0 Å². The van der Waals surface area contributed by atoms with Gasteiger partial charge in [0.1, 0.15) is 5.82 Å². The number of hydrogen-bond donors (Lipinski definition) is 2. The summed E-state index contributed by atoms with van der Waals surface area (Å²) >= 11 is 0. The fourth-order valence-corrected chi connectivity index (χ4v) is 2.42. The average Bonchev–Trinajstić information content (AvgIpc) is 2.73. The van der Waals surface area contributed by atoms with Gasteiger partial charge in [-0.15, -0.1) is 0 Å². The molecule has 84 valence electrons. The van der Waals surface area contributed by atoms with Gasteiger partial charge in [0.2, 0.25) is 0 Å². The SMILES string of the molecule is Fc1ccc2c(C3CCNCC3)n[nH]c2c1. The van der Waals surface area contributed by atoms with Crippen molar-refractivity contribution >= 4 is 10.9 Å². The van der Waals surface area contributed by atoms with E-state index < -0.39 is 0 Å². The van der Waals surface area contributed by atoms with Gasteiger partial charge < -0.3 is 5.32 Å². The van der Waals surface area contributed by atoms with Gasteiger partial charge in [-0.2, -0.15) is 5.10 Å². The monoisotopic (exact) mass is 219 g/mol. The lowest BCUT2D eigenvalue weighted by Crippen LogP contribution is -2.26. The molecule has 1 saturated heterocycles. The number of piperidine rings is 1. The molecule has 1 aliphatic rings. The number of halogens is 1. The van der Waals surface area contributed by atoms with Gasteiger partial charge >= 0.3 is 0 Å². The highest BCUT2D eigenvalue weighted by molar-refractivity contribution is 5.81. The maximum atomic E-state index is 13.0. The van der Waals surface area contributed by atoms with Crippen LogP contribution in [0.2, 0.25) is 0 Å². The molecule has 2 aromatic rings. The molecule has 0 unspecified atom stereocenters. The Morgan fingerprint density at radius 2 is 2.06 bits per heavy atom. The lowest BCUT2D eigenvalue weighted by molar-refractivity contribution is 0.454. The number of H-pyrrole nitrogens is 1. The highest BCUT2D eigenvalue weighted by atomic mass is 19.1. The van der Waals surface area contributed by atoms with E-state index in [1.807, 2.05) is 6.07 Å². The number of hydrogen-bond acceptors (Lipinski definition) is 2. The molecule has 2 heterocycles. The maximum absolute atomic E-state index is 13.0. The Bertz CT molecular complexity index is 500. The van der Waals surface area contributed by atoms with Crippen LogP contribution in [0.5, 0.6) is 0 Å². The van der Waals surface area contributed by atoms with E-state index in [0.717, 1.165) is 42.5 Å². The minimum atomic E-state index is -0.215. The molecule has 0 saturated carbocycles. The number of rotatable bonds is 1. The average molecular weight is 219 g/mol. The van der Waals surface area contributed by atoms with Crippen LogP contribution in [0.3, 0.4) is 0 Å². The summed E-state index contributed by atoms with van der Waals surface area (Å²) in [7, 11) is 0. The minimum absolute atomic E-state index is 0.215. The maximum Gasteiger partial charge on any atom is 0.125 e. The summed E-state index contributed by atoms with van der Waals surface area (Å²) < 4.78 is 13.0. The smallest absolute Gasteiger partial charge is 0.125 e. The Labute approximate surface area is 93.0 Å². The van der Waals surface area contributed by atoms with Gasteiger partial charge in [0.15, 0.2) is 0 Å². The molecule has 1 aromatic carbocycles. The van der Waals surface area contributed by atoms with Crippen LogP contribution in [-0.4, -0.2) is 23.3 Å². The first-order chi connectivity index (χ1) is 7.84. The van der Waals surface area contributed by atoms with Gasteiger partial charge in [-0.1, -0.05) is 0 Å². The van der Waals surface area contributed by atoms with Crippen molar-refractivity contribution in [1.29, 1.82) is 0 Å². The molecule has 0 amide bonds. The molecule has 1 aromatic heterocycles. The van der Waals surface area contributed by atoms with Gasteiger partial charge in [-0.3, -0.25) is 5.10 Å². The van der Waals surface area contributed by atoms with Gasteiger partial charge in [-0.25, -0.2) is 4.39 Å². The van der Waals surface area contributed by atoms with Crippen molar-refractivity contribution in [2.75, 3.05) is 13.1 Å². The summed E-state index contributed by atoms with van der Waals surface area (Å²) in [4.78, 5) is 0. The van der Waals surface area contributed by atoms with E-state index in [1.165, 1.54) is 12.1 Å². The Morgan fingerprint density at radius 1 is 1.25 bits per heavy atom. The van der Waals surface area contributed by atoms with Crippen molar-refractivity contribution in [3.05, 3.63) is 29.7 Å². The van der Waals surface area contributed by atoms with E-state index >= 15 is 0 Å². The summed E-state index contributed by atoms with van der Waals surface area (Å²) in [6.07, 6.45) is 2.22. The fraction of sp³-hybridized carbons (Fsp3) is 0.417. The van der Waals surface area contributed by atoms with E-state index in [-0.39, 0.29) is 5.82 Å². The molecule has 0 spiro atoms. The third kappa shape index (κ3) is 1.59. The zero-order valence-electron chi connectivity index (χ0n) is 8.96. The van der Waals surface area contributed by atoms with Crippen molar-refractivity contribution < 1.29 is 4.39 Å². The number of nitrogens with one attached hydrogen (secondary N) is 2. The zero-order chi connectivity index (χ0) is 11.0. The largest absolute Gasteiger partial charge is 0.317 e. The van der Waals surface area contributed by atoms with Gasteiger partial charge in [0.25, 0.3) is 0 Å². The molecule has 0 aliphatic carbocycles. The van der Waals surface area contributed by atoms with Crippen LogP contribution in [0, 0.1) is 5.82 Å². The third-order valence-electron chi connectivity index (χ3n) is 3.28. The van der Waals surface area contributed by atoms with Crippen molar-refractivity contribution in [2.24, 2.45) is 0 Å². The predicted octanol–water partition coefficient (Wildman–Crippen LogP) is 2.17. The number of benzene rings is 1. The van der Waals surface area contributed by atoms with Crippen molar-refractivity contribution in [3.63, 3.8) is 0 Å². The van der Waals surface area contributed by atoms with Gasteiger partial charge in [-0.05, 0) is 44.1 Å². The molecule has 16 heavy (non-hydrogen) atoms. The number of nitrogens with zero attached hydrogens (tertiary/aromatic N) is 1. The zero-order valence-corrected chi connectivity index (χ0v) is 8.96. The van der Waals surface area contributed by atoms with Crippen LogP contribution >= 0.6 is 0 Å². The molecule has 1 fully saturated rings. The first-order valence-electron chi connectivity index (χ1n) is 5.69. The van der Waals surface area contributed by atoms with Crippen LogP contribution in [-0.2, 0) is 0 Å². The van der Waals surface area contributed by atoms with E-state index in [4.69, 9.17) is 0 Å². The number of fused-ring (bicyclic) bond motifs is 1. The Balaban J connectivity index is 2.03. The normalized spacial score (nSPS) is 18.1. The molecule has 2 N–H and O–H groups in total. The van der Waals surface area contributed by atoms with Crippen molar-refractivity contribution in [3.8, 4) is 0 Å². The Morgan fingerprint density at radius 3 is 2.88 bits per heavy atom. The van der Waals surface area contributed by atoms with E-state index in [9.17, 15) is 4.39 Å². The second-order valence-electron chi connectivity index (χ2n) is 4.32. The van der Waals surface area contributed by atoms with Crippen LogP contribution in [0.25, 0.3) is 10.9 Å². The quantitative estimate of drug-likeness (QED) is 0.771. The van der Waals surface area contributed by atoms with Crippen molar-refractivity contribution in [1.82, 2.24) is 15.5 Å². The number of aromatic nitrogens is 2. The second-order valence-corrected chi connectivity index (χ2v) is 4.32. The molecule has 0 radical (unpaired) electrons. The second kappa shape index (κ2) is 3.87. The highest BCUT2D eigenvalue weighted by Crippen LogP contribution is 2.29. The van der Waals surface area contributed by atoms with Crippen LogP contribution < -0.4 is 5.32 Å². The molecule has 0 bridgehead atoms. The first-order valence-corrected chi connectivity index (χ1v) is 5.69. The predicted molar refractivity (Wildman–Crippen MR) is 60.9 cm³/mol. The number of aromatic amines is 1. The summed E-state index contributed by atoms with van der Waals surface area (Å²) in [6.45, 7) is 2.08. The highest BCUT2D eigenvalue weighted by Gasteiger charge is 2.19. The third-order valence-corrected chi connectivity index (χ3v) is 3.28. The molecule has 1 aliphatic heterocycles. The summed E-state index contributed by atoms with van der Waals surface area (Å²) in [6, 6.07) is 4.83. The summed E-state index contributed by atoms with van der Waals surface area (Å²) in [5.41, 5.74) is 1.89. The topological polar surface area (TPSA) is 40.7 Å². The van der Waals surface area contributed by atoms with Crippen LogP contribution in [0.1, 0.15) is 24.5 Å². The lowest BCUT2D eigenvalue weighted by atomic mass is 9.93.